The summed E-state index contributed by atoms with van der Waals surface area (Å²) in [5.74, 6) is -0.401. The largest absolute Gasteiger partial charge is 0.334 e. The summed E-state index contributed by atoms with van der Waals surface area (Å²) >= 11 is 0. The zero-order valence-electron chi connectivity index (χ0n) is 7.65. The minimum absolute atomic E-state index is 0.333. The predicted molar refractivity (Wildman–Crippen MR) is 43.7 cm³/mol. The van der Waals surface area contributed by atoms with Crippen LogP contribution in [0.1, 0.15) is 39.0 Å². The maximum atomic E-state index is 12.6. The summed E-state index contributed by atoms with van der Waals surface area (Å²) in [7, 11) is 0. The van der Waals surface area contributed by atoms with Gasteiger partial charge in [0.2, 0.25) is 5.91 Å². The number of carbonyl (C=O) groups is 1. The van der Waals surface area contributed by atoms with Crippen molar-refractivity contribution in [2.24, 2.45) is 0 Å². The average molecular weight is 192 g/mol. The van der Waals surface area contributed by atoms with Crippen LogP contribution in [0.25, 0.3) is 0 Å². The number of rotatable bonds is 2. The van der Waals surface area contributed by atoms with Gasteiger partial charge in [-0.15, -0.1) is 0 Å². The molecule has 13 heavy (non-hydrogen) atoms. The maximum Gasteiger partial charge on any atom is 0.218 e. The molecule has 0 spiro atoms. The van der Waals surface area contributed by atoms with E-state index in [1.165, 1.54) is 6.92 Å². The fraction of sp³-hybridized carbons (Fsp3) is 0.875. The van der Waals surface area contributed by atoms with Crippen LogP contribution in [0.5, 0.6) is 0 Å². The van der Waals surface area contributed by atoms with E-state index in [4.69, 9.17) is 0 Å². The summed E-state index contributed by atoms with van der Waals surface area (Å²) in [6, 6.07) is 0. The first kappa shape index (κ1) is 10.4. The first-order chi connectivity index (χ1) is 6.07. The third kappa shape index (κ3) is 2.37. The van der Waals surface area contributed by atoms with Crippen LogP contribution >= 0.6 is 0 Å². The maximum absolute atomic E-state index is 12.6. The lowest BCUT2D eigenvalue weighted by Gasteiger charge is -2.36. The van der Waals surface area contributed by atoms with Gasteiger partial charge in [-0.05, 0) is 25.7 Å². The van der Waals surface area contributed by atoms with Gasteiger partial charge >= 0.3 is 0 Å². The zero-order chi connectivity index (χ0) is 9.90. The van der Waals surface area contributed by atoms with Crippen molar-refractivity contribution in [3.05, 3.63) is 0 Å². The van der Waals surface area contributed by atoms with Crippen molar-refractivity contribution in [1.82, 2.24) is 10.7 Å². The van der Waals surface area contributed by atoms with Crippen molar-refractivity contribution in [2.75, 3.05) is 0 Å². The van der Waals surface area contributed by atoms with Crippen LogP contribution in [0.15, 0.2) is 0 Å². The van der Waals surface area contributed by atoms with E-state index in [0.717, 1.165) is 19.3 Å². The Bertz CT molecular complexity index is 191. The minimum Gasteiger partial charge on any atom is -0.334 e. The van der Waals surface area contributed by atoms with Gasteiger partial charge in [-0.3, -0.25) is 4.79 Å². The summed E-state index contributed by atoms with van der Waals surface area (Å²) in [6.45, 7) is 1.26. The fourth-order valence-corrected chi connectivity index (χ4v) is 1.80. The van der Waals surface area contributed by atoms with E-state index in [-0.39, 0.29) is 0 Å². The van der Waals surface area contributed by atoms with Gasteiger partial charge in [0, 0.05) is 12.3 Å². The monoisotopic (exact) mass is 192 g/mol. The number of carbonyl (C=O) groups excluding carboxylic acids is 1. The van der Waals surface area contributed by atoms with Gasteiger partial charge in [-0.1, -0.05) is 15.4 Å². The quantitative estimate of drug-likeness (QED) is 0.535. The van der Waals surface area contributed by atoms with E-state index in [2.05, 4.69) is 5.32 Å². The number of hydrogen-bond donors (Lipinski definition) is 1. The minimum atomic E-state index is -1.40. The summed E-state index contributed by atoms with van der Waals surface area (Å²) < 4.78 is 25.1. The molecular formula is C8H14F2N2O. The summed E-state index contributed by atoms with van der Waals surface area (Å²) in [5.41, 5.74) is -1.40. The van der Waals surface area contributed by atoms with Crippen LogP contribution in [0.2, 0.25) is 0 Å². The van der Waals surface area contributed by atoms with Gasteiger partial charge in [-0.2, -0.15) is 0 Å². The van der Waals surface area contributed by atoms with E-state index < -0.39 is 16.9 Å². The zero-order valence-corrected chi connectivity index (χ0v) is 7.65. The van der Waals surface area contributed by atoms with E-state index in [0.29, 0.717) is 12.8 Å². The lowest BCUT2D eigenvalue weighted by molar-refractivity contribution is -0.250. The Hall–Kier alpha value is -0.710. The highest BCUT2D eigenvalue weighted by Crippen LogP contribution is 2.31. The normalized spacial score (nSPS) is 21.5. The van der Waals surface area contributed by atoms with Crippen molar-refractivity contribution in [3.8, 4) is 0 Å². The molecule has 0 aromatic heterocycles. The second kappa shape index (κ2) is 4.00. The molecule has 1 N–H and O–H groups in total. The van der Waals surface area contributed by atoms with E-state index in [1.807, 2.05) is 0 Å². The Morgan fingerprint density at radius 2 is 1.85 bits per heavy atom. The fourth-order valence-electron chi connectivity index (χ4n) is 1.80. The van der Waals surface area contributed by atoms with Crippen LogP contribution in [0.4, 0.5) is 8.96 Å². The molecule has 3 nitrogen and oxygen atoms in total. The van der Waals surface area contributed by atoms with Crippen molar-refractivity contribution < 1.29 is 13.8 Å². The lowest BCUT2D eigenvalue weighted by Crippen LogP contribution is -2.55. The molecule has 0 heterocycles. The molecule has 1 aliphatic carbocycles. The standard InChI is InChI=1S/C8H14F2N2O/c1-7(13)11-8(12(9)10)5-3-2-4-6-8/h2-6H2,1H3,(H,11,13). The van der Waals surface area contributed by atoms with Gasteiger partial charge in [-0.25, -0.2) is 0 Å². The number of amides is 1. The molecule has 0 saturated heterocycles. The molecule has 0 aromatic carbocycles. The van der Waals surface area contributed by atoms with Crippen molar-refractivity contribution >= 4 is 5.91 Å². The van der Waals surface area contributed by atoms with Crippen molar-refractivity contribution in [2.45, 2.75) is 44.7 Å². The van der Waals surface area contributed by atoms with Crippen molar-refractivity contribution in [1.29, 1.82) is 0 Å². The summed E-state index contributed by atoms with van der Waals surface area (Å²) in [6.07, 6.45) is 3.11. The van der Waals surface area contributed by atoms with E-state index in [9.17, 15) is 13.8 Å². The van der Waals surface area contributed by atoms with Crippen LogP contribution < -0.4 is 5.32 Å². The molecule has 1 aliphatic rings. The molecule has 76 valence electrons. The van der Waals surface area contributed by atoms with Gasteiger partial charge in [0.15, 0.2) is 5.66 Å². The van der Waals surface area contributed by atoms with Gasteiger partial charge in [0.05, 0.1) is 0 Å². The highest BCUT2D eigenvalue weighted by atomic mass is 19.4. The molecular weight excluding hydrogens is 178 g/mol. The van der Waals surface area contributed by atoms with E-state index >= 15 is 0 Å². The van der Waals surface area contributed by atoms with Crippen LogP contribution in [-0.4, -0.2) is 16.9 Å². The SMILES string of the molecule is CC(=O)NC1(N(F)F)CCCCC1. The Balaban J connectivity index is 2.67. The first-order valence-electron chi connectivity index (χ1n) is 4.47. The Morgan fingerprint density at radius 3 is 2.23 bits per heavy atom. The Kier molecular flexibility index (Phi) is 3.19. The summed E-state index contributed by atoms with van der Waals surface area (Å²) in [4.78, 5) is 10.8. The van der Waals surface area contributed by atoms with Crippen LogP contribution in [0, 0.1) is 0 Å². The second-order valence-corrected chi connectivity index (χ2v) is 3.51. The molecule has 1 amide bonds. The van der Waals surface area contributed by atoms with Gasteiger partial charge in [0.25, 0.3) is 0 Å². The second-order valence-electron chi connectivity index (χ2n) is 3.51. The molecule has 0 atom stereocenters. The molecule has 0 aromatic rings. The third-order valence-corrected chi connectivity index (χ3v) is 2.41. The summed E-state index contributed by atoms with van der Waals surface area (Å²) in [5, 5.41) is 1.48. The smallest absolute Gasteiger partial charge is 0.218 e. The highest BCUT2D eigenvalue weighted by Gasteiger charge is 2.40. The number of halogens is 2. The molecule has 1 rings (SSSR count). The lowest BCUT2D eigenvalue weighted by atomic mass is 9.89. The predicted octanol–water partition coefficient (Wildman–Crippen LogP) is 1.85. The Labute approximate surface area is 76.0 Å². The van der Waals surface area contributed by atoms with E-state index in [1.54, 1.807) is 0 Å². The molecule has 1 fully saturated rings. The van der Waals surface area contributed by atoms with Gasteiger partial charge < -0.3 is 5.32 Å². The van der Waals surface area contributed by atoms with Gasteiger partial charge in [0.1, 0.15) is 0 Å². The third-order valence-electron chi connectivity index (χ3n) is 2.41. The molecule has 5 heteroatoms. The highest BCUT2D eigenvalue weighted by molar-refractivity contribution is 5.73. The first-order valence-corrected chi connectivity index (χ1v) is 4.47. The molecule has 0 bridgehead atoms. The topological polar surface area (TPSA) is 32.3 Å². The molecule has 0 radical (unpaired) electrons. The van der Waals surface area contributed by atoms with Crippen LogP contribution in [0.3, 0.4) is 0 Å². The molecule has 0 aliphatic heterocycles. The van der Waals surface area contributed by atoms with Crippen LogP contribution in [-0.2, 0) is 4.79 Å². The number of nitrogens with zero attached hydrogens (tertiary/aromatic N) is 1. The number of hydrogen-bond acceptors (Lipinski definition) is 2. The molecule has 0 unspecified atom stereocenters. The average Bonchev–Trinajstić information content (AvgIpc) is 2.04. The molecule has 1 saturated carbocycles. The number of nitrogens with one attached hydrogen (secondary N) is 1. The Morgan fingerprint density at radius 1 is 1.31 bits per heavy atom. The van der Waals surface area contributed by atoms with Crippen molar-refractivity contribution in [3.63, 3.8) is 0 Å².